The van der Waals surface area contributed by atoms with Crippen LogP contribution in [-0.2, 0) is 11.3 Å². The summed E-state index contributed by atoms with van der Waals surface area (Å²) in [5, 5.41) is 6.72. The van der Waals surface area contributed by atoms with Gasteiger partial charge in [0, 0.05) is 64.3 Å². The molecule has 7 nitrogen and oxygen atoms in total. The zero-order valence-electron chi connectivity index (χ0n) is 17.8. The number of aliphatic imine (C=N–C) groups is 1. The molecule has 0 spiro atoms. The maximum Gasteiger partial charge on any atom is 0.225 e. The number of hydrogen-bond acceptors (Lipinski definition) is 4. The van der Waals surface area contributed by atoms with Crippen molar-refractivity contribution in [1.82, 2.24) is 20.4 Å². The first-order valence-corrected chi connectivity index (χ1v) is 10.8. The number of carbonyl (C=O) groups excluding carboxylic acids is 1. The first kappa shape index (κ1) is 21.4. The predicted octanol–water partition coefficient (Wildman–Crippen LogP) is 1.69. The van der Waals surface area contributed by atoms with Gasteiger partial charge in [0.1, 0.15) is 5.75 Å². The van der Waals surface area contributed by atoms with Crippen LogP contribution < -0.4 is 15.4 Å². The molecule has 160 valence electrons. The highest BCUT2D eigenvalue weighted by atomic mass is 16.5. The van der Waals surface area contributed by atoms with Crippen LogP contribution in [0.2, 0.25) is 0 Å². The molecule has 1 aliphatic carbocycles. The molecule has 1 aromatic carbocycles. The summed E-state index contributed by atoms with van der Waals surface area (Å²) in [5.74, 6) is 2.34. The second-order valence-corrected chi connectivity index (χ2v) is 7.81. The molecule has 0 bridgehead atoms. The van der Waals surface area contributed by atoms with Gasteiger partial charge in [-0.25, -0.2) is 0 Å². The number of ether oxygens (including phenoxy) is 1. The highest BCUT2D eigenvalue weighted by Crippen LogP contribution is 2.26. The fourth-order valence-corrected chi connectivity index (χ4v) is 4.20. The van der Waals surface area contributed by atoms with Crippen molar-refractivity contribution in [3.63, 3.8) is 0 Å². The van der Waals surface area contributed by atoms with Crippen LogP contribution >= 0.6 is 0 Å². The molecule has 29 heavy (non-hydrogen) atoms. The lowest BCUT2D eigenvalue weighted by Gasteiger charge is -2.36. The zero-order chi connectivity index (χ0) is 20.5. The molecule has 0 unspecified atom stereocenters. The molecule has 7 heteroatoms. The number of nitrogens with one attached hydrogen (secondary N) is 2. The Bertz CT molecular complexity index is 680. The van der Waals surface area contributed by atoms with E-state index in [1.807, 2.05) is 24.3 Å². The van der Waals surface area contributed by atoms with Gasteiger partial charge < -0.3 is 20.3 Å². The Kier molecular flexibility index (Phi) is 8.16. The van der Waals surface area contributed by atoms with Gasteiger partial charge in [0.15, 0.2) is 5.96 Å². The van der Waals surface area contributed by atoms with E-state index < -0.39 is 0 Å². The van der Waals surface area contributed by atoms with Crippen molar-refractivity contribution in [3.05, 3.63) is 29.8 Å². The number of methoxy groups -OCH3 is 1. The van der Waals surface area contributed by atoms with E-state index >= 15 is 0 Å². The average Bonchev–Trinajstić information content (AvgIpc) is 3.31. The van der Waals surface area contributed by atoms with Gasteiger partial charge >= 0.3 is 0 Å². The maximum atomic E-state index is 12.5. The van der Waals surface area contributed by atoms with Crippen molar-refractivity contribution < 1.29 is 9.53 Å². The third kappa shape index (κ3) is 6.10. The summed E-state index contributed by atoms with van der Waals surface area (Å²) in [5.41, 5.74) is 1.10. The number of benzene rings is 1. The van der Waals surface area contributed by atoms with Crippen molar-refractivity contribution in [2.24, 2.45) is 10.9 Å². The van der Waals surface area contributed by atoms with Crippen LogP contribution in [0.5, 0.6) is 5.75 Å². The van der Waals surface area contributed by atoms with Gasteiger partial charge in [-0.1, -0.05) is 31.0 Å². The molecule has 2 aliphatic rings. The first-order chi connectivity index (χ1) is 14.2. The molecule has 1 aromatic rings. The highest BCUT2D eigenvalue weighted by molar-refractivity contribution is 5.80. The molecule has 2 fully saturated rings. The fraction of sp³-hybridized carbons (Fsp3) is 0.636. The zero-order valence-corrected chi connectivity index (χ0v) is 17.8. The molecule has 1 heterocycles. The maximum absolute atomic E-state index is 12.5. The number of rotatable bonds is 7. The number of piperazine rings is 1. The number of carbonyl (C=O) groups is 1. The van der Waals surface area contributed by atoms with Crippen molar-refractivity contribution in [2.45, 2.75) is 32.2 Å². The predicted molar refractivity (Wildman–Crippen MR) is 116 cm³/mol. The van der Waals surface area contributed by atoms with E-state index in [2.05, 4.69) is 25.4 Å². The number of amides is 1. The van der Waals surface area contributed by atoms with E-state index in [4.69, 9.17) is 4.74 Å². The molecule has 1 aliphatic heterocycles. The Hall–Kier alpha value is -2.28. The summed E-state index contributed by atoms with van der Waals surface area (Å²) in [4.78, 5) is 21.3. The molecule has 3 rings (SSSR count). The van der Waals surface area contributed by atoms with Crippen molar-refractivity contribution in [2.75, 3.05) is 53.4 Å². The third-order valence-electron chi connectivity index (χ3n) is 5.97. The Balaban J connectivity index is 1.34. The van der Waals surface area contributed by atoms with Crippen LogP contribution in [0.15, 0.2) is 29.3 Å². The summed E-state index contributed by atoms with van der Waals surface area (Å²) < 4.78 is 5.39. The Morgan fingerprint density at radius 1 is 1.14 bits per heavy atom. The van der Waals surface area contributed by atoms with Crippen LogP contribution in [0, 0.1) is 5.92 Å². The third-order valence-corrected chi connectivity index (χ3v) is 5.97. The van der Waals surface area contributed by atoms with E-state index in [0.29, 0.717) is 18.4 Å². The molecule has 0 atom stereocenters. The second kappa shape index (κ2) is 11.0. The minimum Gasteiger partial charge on any atom is -0.496 e. The molecular weight excluding hydrogens is 366 g/mol. The SMILES string of the molecule is CN=C(NCCN1CCN(C(=O)C2CCCC2)CC1)NCc1ccccc1OC. The lowest BCUT2D eigenvalue weighted by atomic mass is 10.1. The lowest BCUT2D eigenvalue weighted by Crippen LogP contribution is -2.51. The van der Waals surface area contributed by atoms with Crippen molar-refractivity contribution >= 4 is 11.9 Å². The van der Waals surface area contributed by atoms with Crippen molar-refractivity contribution in [3.8, 4) is 5.75 Å². The first-order valence-electron chi connectivity index (χ1n) is 10.8. The molecule has 0 aromatic heterocycles. The molecular formula is C22H35N5O2. The smallest absolute Gasteiger partial charge is 0.225 e. The van der Waals surface area contributed by atoms with Gasteiger partial charge in [0.25, 0.3) is 0 Å². The average molecular weight is 402 g/mol. The number of hydrogen-bond donors (Lipinski definition) is 2. The highest BCUT2D eigenvalue weighted by Gasteiger charge is 2.29. The van der Waals surface area contributed by atoms with E-state index in [9.17, 15) is 4.79 Å². The Morgan fingerprint density at radius 3 is 2.55 bits per heavy atom. The number of nitrogens with zero attached hydrogens (tertiary/aromatic N) is 3. The molecule has 1 amide bonds. The normalized spacial score (nSPS) is 18.7. The van der Waals surface area contributed by atoms with Gasteiger partial charge in [-0.05, 0) is 18.9 Å². The van der Waals surface area contributed by atoms with Gasteiger partial charge in [-0.2, -0.15) is 0 Å². The lowest BCUT2D eigenvalue weighted by molar-refractivity contribution is -0.137. The molecule has 1 saturated carbocycles. The number of para-hydroxylation sites is 1. The van der Waals surface area contributed by atoms with Crippen LogP contribution in [0.4, 0.5) is 0 Å². The minimum atomic E-state index is 0.292. The number of guanidine groups is 1. The topological polar surface area (TPSA) is 69.2 Å². The minimum absolute atomic E-state index is 0.292. The summed E-state index contributed by atoms with van der Waals surface area (Å²) in [6.45, 7) is 6.04. The van der Waals surface area contributed by atoms with E-state index in [1.54, 1.807) is 14.2 Å². The van der Waals surface area contributed by atoms with Gasteiger partial charge in [0.05, 0.1) is 7.11 Å². The summed E-state index contributed by atoms with van der Waals surface area (Å²) in [7, 11) is 3.47. The quantitative estimate of drug-likeness (QED) is 0.538. The summed E-state index contributed by atoms with van der Waals surface area (Å²) in [6.07, 6.45) is 4.61. The standard InChI is InChI=1S/C22H35N5O2/c1-23-22(25-17-19-9-5-6-10-20(19)29-2)24-11-12-26-13-15-27(16-14-26)21(28)18-7-3-4-8-18/h5-6,9-10,18H,3-4,7-8,11-17H2,1-2H3,(H2,23,24,25). The van der Waals surface area contributed by atoms with Crippen LogP contribution in [0.25, 0.3) is 0 Å². The van der Waals surface area contributed by atoms with E-state index in [1.165, 1.54) is 12.8 Å². The van der Waals surface area contributed by atoms with E-state index in [0.717, 1.165) is 69.4 Å². The van der Waals surface area contributed by atoms with Crippen LogP contribution in [0.3, 0.4) is 0 Å². The Labute approximate surface area is 174 Å². The van der Waals surface area contributed by atoms with Gasteiger partial charge in [-0.3, -0.25) is 14.7 Å². The second-order valence-electron chi connectivity index (χ2n) is 7.81. The Morgan fingerprint density at radius 2 is 1.86 bits per heavy atom. The summed E-state index contributed by atoms with van der Waals surface area (Å²) >= 11 is 0. The van der Waals surface area contributed by atoms with E-state index in [-0.39, 0.29) is 0 Å². The molecule has 2 N–H and O–H groups in total. The fourth-order valence-electron chi connectivity index (χ4n) is 4.20. The van der Waals surface area contributed by atoms with Crippen LogP contribution in [0.1, 0.15) is 31.2 Å². The van der Waals surface area contributed by atoms with Crippen LogP contribution in [-0.4, -0.2) is 75.1 Å². The summed E-state index contributed by atoms with van der Waals surface area (Å²) in [6, 6.07) is 7.99. The molecule has 0 radical (unpaired) electrons. The monoisotopic (exact) mass is 401 g/mol. The largest absolute Gasteiger partial charge is 0.496 e. The van der Waals surface area contributed by atoms with Crippen molar-refractivity contribution in [1.29, 1.82) is 0 Å². The van der Waals surface area contributed by atoms with Gasteiger partial charge in [-0.15, -0.1) is 0 Å². The van der Waals surface area contributed by atoms with Gasteiger partial charge in [0.2, 0.25) is 5.91 Å². The molecule has 1 saturated heterocycles.